The Kier molecular flexibility index (Phi) is 12.0. The van der Waals surface area contributed by atoms with Gasteiger partial charge < -0.3 is 9.47 Å². The van der Waals surface area contributed by atoms with E-state index in [1.165, 1.54) is 0 Å². The van der Waals surface area contributed by atoms with E-state index in [0.717, 1.165) is 44.9 Å². The van der Waals surface area contributed by atoms with E-state index in [0.29, 0.717) is 13.2 Å². The summed E-state index contributed by atoms with van der Waals surface area (Å²) in [5.41, 5.74) is 0. The van der Waals surface area contributed by atoms with Gasteiger partial charge in [-0.3, -0.25) is 9.59 Å². The van der Waals surface area contributed by atoms with Gasteiger partial charge in [0.2, 0.25) is 0 Å². The highest BCUT2D eigenvalue weighted by Crippen LogP contribution is 2.11. The molecule has 0 rings (SSSR count). The molecule has 21 heavy (non-hydrogen) atoms. The Bertz CT molecular complexity index is 253. The first-order valence-corrected chi connectivity index (χ1v) is 8.43. The van der Waals surface area contributed by atoms with Gasteiger partial charge in [0.25, 0.3) is 0 Å². The van der Waals surface area contributed by atoms with E-state index in [2.05, 4.69) is 0 Å². The van der Waals surface area contributed by atoms with E-state index >= 15 is 0 Å². The smallest absolute Gasteiger partial charge is 0.308 e. The maximum Gasteiger partial charge on any atom is 0.308 e. The summed E-state index contributed by atoms with van der Waals surface area (Å²) in [7, 11) is 0. The molecule has 0 saturated carbocycles. The van der Waals surface area contributed by atoms with Gasteiger partial charge in [-0.15, -0.1) is 0 Å². The first kappa shape index (κ1) is 19.9. The largest absolute Gasteiger partial charge is 0.465 e. The van der Waals surface area contributed by atoms with Crippen LogP contribution < -0.4 is 0 Å². The number of ether oxygens (including phenoxy) is 2. The van der Waals surface area contributed by atoms with Gasteiger partial charge in [-0.1, -0.05) is 27.7 Å². The number of unbranched alkanes of at least 4 members (excludes halogenated alkanes) is 2. The molecule has 0 unspecified atom stereocenters. The van der Waals surface area contributed by atoms with Crippen molar-refractivity contribution < 1.29 is 19.1 Å². The highest BCUT2D eigenvalue weighted by atomic mass is 16.5. The summed E-state index contributed by atoms with van der Waals surface area (Å²) < 4.78 is 10.5. The molecular weight excluding hydrogens is 268 g/mol. The lowest BCUT2D eigenvalue weighted by molar-refractivity contribution is -0.149. The Morgan fingerprint density at radius 2 is 1.00 bits per heavy atom. The van der Waals surface area contributed by atoms with Crippen molar-refractivity contribution in [2.24, 2.45) is 11.8 Å². The summed E-state index contributed by atoms with van der Waals surface area (Å²) in [5, 5.41) is 0. The van der Waals surface area contributed by atoms with Crippen molar-refractivity contribution in [1.82, 2.24) is 0 Å². The van der Waals surface area contributed by atoms with E-state index in [1.807, 2.05) is 27.7 Å². The standard InChI is InChI=1S/C17H32O4/c1-5-14(6-2)16(18)20-12-10-9-11-13-21-17(19)15(7-3)8-4/h14-15H,5-13H2,1-4H3. The molecule has 0 aromatic carbocycles. The van der Waals surface area contributed by atoms with Gasteiger partial charge in [0, 0.05) is 0 Å². The van der Waals surface area contributed by atoms with Gasteiger partial charge in [-0.25, -0.2) is 0 Å². The van der Waals surface area contributed by atoms with Gasteiger partial charge in [0.1, 0.15) is 0 Å². The van der Waals surface area contributed by atoms with Crippen molar-refractivity contribution in [3.63, 3.8) is 0 Å². The number of carbonyl (C=O) groups is 2. The van der Waals surface area contributed by atoms with E-state index in [-0.39, 0.29) is 23.8 Å². The molecule has 0 spiro atoms. The van der Waals surface area contributed by atoms with Crippen LogP contribution in [0.25, 0.3) is 0 Å². The minimum absolute atomic E-state index is 0.0333. The monoisotopic (exact) mass is 300 g/mol. The van der Waals surface area contributed by atoms with Gasteiger partial charge in [0.15, 0.2) is 0 Å². The van der Waals surface area contributed by atoms with Crippen LogP contribution in [0.1, 0.15) is 72.6 Å². The summed E-state index contributed by atoms with van der Waals surface area (Å²) >= 11 is 0. The molecule has 4 nitrogen and oxygen atoms in total. The molecule has 124 valence electrons. The third kappa shape index (κ3) is 8.74. The number of rotatable bonds is 12. The zero-order chi connectivity index (χ0) is 16.1. The van der Waals surface area contributed by atoms with Crippen LogP contribution in [0.5, 0.6) is 0 Å². The second-order valence-electron chi connectivity index (χ2n) is 5.42. The lowest BCUT2D eigenvalue weighted by Gasteiger charge is -2.12. The van der Waals surface area contributed by atoms with Crippen LogP contribution in [0.15, 0.2) is 0 Å². The molecule has 0 aliphatic rings. The van der Waals surface area contributed by atoms with Crippen LogP contribution in [0, 0.1) is 11.8 Å². The fourth-order valence-electron chi connectivity index (χ4n) is 2.21. The molecule has 0 amide bonds. The van der Waals surface area contributed by atoms with Crippen molar-refractivity contribution in [2.75, 3.05) is 13.2 Å². The average molecular weight is 300 g/mol. The van der Waals surface area contributed by atoms with Crippen LogP contribution in [-0.4, -0.2) is 25.2 Å². The minimum atomic E-state index is -0.0832. The van der Waals surface area contributed by atoms with E-state index in [1.54, 1.807) is 0 Å². The maximum atomic E-state index is 11.6. The van der Waals surface area contributed by atoms with Crippen molar-refractivity contribution in [1.29, 1.82) is 0 Å². The molecule has 0 aliphatic carbocycles. The van der Waals surface area contributed by atoms with E-state index in [4.69, 9.17) is 9.47 Å². The highest BCUT2D eigenvalue weighted by Gasteiger charge is 2.16. The molecule has 0 fully saturated rings. The summed E-state index contributed by atoms with van der Waals surface area (Å²) in [6.45, 7) is 8.95. The number of carbonyl (C=O) groups excluding carboxylic acids is 2. The summed E-state index contributed by atoms with van der Waals surface area (Å²) in [6, 6.07) is 0. The molecule has 0 atom stereocenters. The van der Waals surface area contributed by atoms with Crippen molar-refractivity contribution in [3.05, 3.63) is 0 Å². The quantitative estimate of drug-likeness (QED) is 0.402. The number of hydrogen-bond acceptors (Lipinski definition) is 4. The van der Waals surface area contributed by atoms with Crippen molar-refractivity contribution in [2.45, 2.75) is 72.6 Å². The van der Waals surface area contributed by atoms with Crippen LogP contribution in [0.2, 0.25) is 0 Å². The van der Waals surface area contributed by atoms with Crippen LogP contribution in [0.3, 0.4) is 0 Å². The first-order valence-electron chi connectivity index (χ1n) is 8.43. The van der Waals surface area contributed by atoms with Crippen LogP contribution in [-0.2, 0) is 19.1 Å². The van der Waals surface area contributed by atoms with Gasteiger partial charge in [0.05, 0.1) is 25.0 Å². The SMILES string of the molecule is CCC(CC)C(=O)OCCCCCOC(=O)C(CC)CC. The molecule has 0 N–H and O–H groups in total. The van der Waals surface area contributed by atoms with Crippen LogP contribution in [0.4, 0.5) is 0 Å². The Hall–Kier alpha value is -1.06. The maximum absolute atomic E-state index is 11.6. The first-order chi connectivity index (χ1) is 10.1. The predicted molar refractivity (Wildman–Crippen MR) is 83.9 cm³/mol. The lowest BCUT2D eigenvalue weighted by atomic mass is 10.0. The summed E-state index contributed by atoms with van der Waals surface area (Å²) in [5.74, 6) is -0.0997. The molecule has 0 radical (unpaired) electrons. The zero-order valence-corrected chi connectivity index (χ0v) is 14.2. The Balaban J connectivity index is 3.57. The number of hydrogen-bond donors (Lipinski definition) is 0. The lowest BCUT2D eigenvalue weighted by Crippen LogP contribution is -2.17. The summed E-state index contributed by atoms with van der Waals surface area (Å²) in [6.07, 6.45) is 5.90. The van der Waals surface area contributed by atoms with Crippen molar-refractivity contribution in [3.8, 4) is 0 Å². The topological polar surface area (TPSA) is 52.6 Å². The molecular formula is C17H32O4. The molecule has 0 saturated heterocycles. The molecule has 0 aromatic rings. The van der Waals surface area contributed by atoms with E-state index in [9.17, 15) is 9.59 Å². The second kappa shape index (κ2) is 12.7. The normalized spacial score (nSPS) is 11.0. The predicted octanol–water partition coefficient (Wildman–Crippen LogP) is 4.12. The average Bonchev–Trinajstić information content (AvgIpc) is 2.48. The van der Waals surface area contributed by atoms with Gasteiger partial charge in [-0.05, 0) is 44.9 Å². The van der Waals surface area contributed by atoms with E-state index < -0.39 is 0 Å². The molecule has 4 heteroatoms. The zero-order valence-electron chi connectivity index (χ0n) is 14.2. The third-order valence-electron chi connectivity index (χ3n) is 3.92. The second-order valence-corrected chi connectivity index (χ2v) is 5.42. The fraction of sp³-hybridized carbons (Fsp3) is 0.882. The van der Waals surface area contributed by atoms with Gasteiger partial charge >= 0.3 is 11.9 Å². The fourth-order valence-corrected chi connectivity index (χ4v) is 2.21. The molecule has 0 aliphatic heterocycles. The van der Waals surface area contributed by atoms with Gasteiger partial charge in [-0.2, -0.15) is 0 Å². The summed E-state index contributed by atoms with van der Waals surface area (Å²) in [4.78, 5) is 23.3. The molecule has 0 heterocycles. The number of esters is 2. The minimum Gasteiger partial charge on any atom is -0.465 e. The third-order valence-corrected chi connectivity index (χ3v) is 3.92. The van der Waals surface area contributed by atoms with Crippen LogP contribution >= 0.6 is 0 Å². The Morgan fingerprint density at radius 3 is 1.29 bits per heavy atom. The molecule has 0 bridgehead atoms. The molecule has 0 aromatic heterocycles. The highest BCUT2D eigenvalue weighted by molar-refractivity contribution is 5.72. The van der Waals surface area contributed by atoms with Crippen molar-refractivity contribution >= 4 is 11.9 Å². The Labute approximate surface area is 129 Å². The Morgan fingerprint density at radius 1 is 0.667 bits per heavy atom.